The molecule has 2 heterocycles. The van der Waals surface area contributed by atoms with Gasteiger partial charge in [0.2, 0.25) is 10.0 Å². The summed E-state index contributed by atoms with van der Waals surface area (Å²) in [5, 5.41) is 0. The molecule has 4 rings (SSSR count). The van der Waals surface area contributed by atoms with Crippen LogP contribution in [0.3, 0.4) is 0 Å². The molecule has 192 valence electrons. The number of fused-ring (bicyclic) bond motifs is 1. The summed E-state index contributed by atoms with van der Waals surface area (Å²) >= 11 is 1.25. The van der Waals surface area contributed by atoms with Gasteiger partial charge in [-0.3, -0.25) is 9.59 Å². The SMILES string of the molecule is CCOc1ccc2c(c1)sc(=NC(=O)c1ccc(S(=O)(=O)N3CCCCCC3)cc1)n2CC(=O)OC. The van der Waals surface area contributed by atoms with Crippen LogP contribution in [0.25, 0.3) is 10.2 Å². The van der Waals surface area contributed by atoms with E-state index in [-0.39, 0.29) is 17.0 Å². The van der Waals surface area contributed by atoms with Gasteiger partial charge >= 0.3 is 5.97 Å². The molecule has 1 saturated heterocycles. The molecule has 36 heavy (non-hydrogen) atoms. The summed E-state index contributed by atoms with van der Waals surface area (Å²) in [6, 6.07) is 11.3. The highest BCUT2D eigenvalue weighted by atomic mass is 32.2. The standard InChI is InChI=1S/C25H29N3O6S2/c1-3-34-19-10-13-21-22(16-19)35-25(28(21)17-23(29)33-2)26-24(30)18-8-11-20(12-9-18)36(31,32)27-14-6-4-5-7-15-27/h8-13,16H,3-7,14-15,17H2,1-2H3. The molecule has 0 bridgehead atoms. The molecule has 0 saturated carbocycles. The summed E-state index contributed by atoms with van der Waals surface area (Å²) in [5.41, 5.74) is 0.973. The Morgan fingerprint density at radius 2 is 1.72 bits per heavy atom. The zero-order valence-corrected chi connectivity index (χ0v) is 21.9. The number of esters is 1. The second-order valence-corrected chi connectivity index (χ2v) is 11.3. The predicted molar refractivity (Wildman–Crippen MR) is 137 cm³/mol. The average Bonchev–Trinajstić information content (AvgIpc) is 3.04. The molecule has 1 fully saturated rings. The van der Waals surface area contributed by atoms with Crippen molar-refractivity contribution in [2.45, 2.75) is 44.0 Å². The molecule has 0 radical (unpaired) electrons. The topological polar surface area (TPSA) is 107 Å². The highest BCUT2D eigenvalue weighted by Gasteiger charge is 2.25. The molecule has 0 unspecified atom stereocenters. The van der Waals surface area contributed by atoms with E-state index in [0.717, 1.165) is 35.9 Å². The zero-order valence-electron chi connectivity index (χ0n) is 20.3. The zero-order chi connectivity index (χ0) is 25.7. The number of aromatic nitrogens is 1. The molecule has 1 amide bonds. The van der Waals surface area contributed by atoms with Crippen LogP contribution in [-0.2, 0) is 26.1 Å². The number of hydrogen-bond acceptors (Lipinski definition) is 7. The number of amides is 1. The van der Waals surface area contributed by atoms with Gasteiger partial charge in [-0.15, -0.1) is 0 Å². The summed E-state index contributed by atoms with van der Waals surface area (Å²) in [4.78, 5) is 29.8. The van der Waals surface area contributed by atoms with Gasteiger partial charge in [-0.2, -0.15) is 9.30 Å². The molecule has 2 aromatic carbocycles. The maximum absolute atomic E-state index is 13.0. The van der Waals surface area contributed by atoms with Crippen molar-refractivity contribution >= 4 is 43.5 Å². The lowest BCUT2D eigenvalue weighted by molar-refractivity contribution is -0.141. The highest BCUT2D eigenvalue weighted by Crippen LogP contribution is 2.24. The van der Waals surface area contributed by atoms with Crippen molar-refractivity contribution in [1.29, 1.82) is 0 Å². The van der Waals surface area contributed by atoms with Crippen LogP contribution in [0.5, 0.6) is 5.75 Å². The molecule has 0 aliphatic carbocycles. The lowest BCUT2D eigenvalue weighted by Gasteiger charge is -2.19. The Morgan fingerprint density at radius 1 is 1.03 bits per heavy atom. The number of rotatable bonds is 7. The van der Waals surface area contributed by atoms with Gasteiger partial charge in [-0.1, -0.05) is 24.2 Å². The summed E-state index contributed by atoms with van der Waals surface area (Å²) in [7, 11) is -2.31. The Balaban J connectivity index is 1.66. The molecule has 1 aromatic heterocycles. The van der Waals surface area contributed by atoms with Gasteiger partial charge in [0, 0.05) is 18.7 Å². The van der Waals surface area contributed by atoms with E-state index in [1.807, 2.05) is 19.1 Å². The fourth-order valence-corrected chi connectivity index (χ4v) is 6.67. The summed E-state index contributed by atoms with van der Waals surface area (Å²) in [6.45, 7) is 3.31. The van der Waals surface area contributed by atoms with Crippen LogP contribution in [-0.4, -0.2) is 56.0 Å². The number of hydrogen-bond donors (Lipinski definition) is 0. The minimum atomic E-state index is -3.61. The molecule has 1 aliphatic heterocycles. The lowest BCUT2D eigenvalue weighted by atomic mass is 10.2. The van der Waals surface area contributed by atoms with E-state index in [9.17, 15) is 18.0 Å². The minimum Gasteiger partial charge on any atom is -0.494 e. The fraction of sp³-hybridized carbons (Fsp3) is 0.400. The normalized spacial score (nSPS) is 15.6. The highest BCUT2D eigenvalue weighted by molar-refractivity contribution is 7.89. The Hall–Kier alpha value is -3.02. The molecular formula is C25H29N3O6S2. The quantitative estimate of drug-likeness (QED) is 0.432. The molecule has 9 nitrogen and oxygen atoms in total. The van der Waals surface area contributed by atoms with E-state index in [1.54, 1.807) is 10.6 Å². The van der Waals surface area contributed by atoms with Crippen molar-refractivity contribution < 1.29 is 27.5 Å². The smallest absolute Gasteiger partial charge is 0.325 e. The fourth-order valence-electron chi connectivity index (χ4n) is 4.09. The Bertz CT molecular complexity index is 1420. The first-order chi connectivity index (χ1) is 17.3. The van der Waals surface area contributed by atoms with Crippen molar-refractivity contribution in [2.24, 2.45) is 4.99 Å². The number of benzene rings is 2. The minimum absolute atomic E-state index is 0.108. The first-order valence-electron chi connectivity index (χ1n) is 11.9. The molecule has 0 spiro atoms. The summed E-state index contributed by atoms with van der Waals surface area (Å²) in [5.74, 6) is -0.333. The maximum atomic E-state index is 13.0. The third-order valence-corrected chi connectivity index (χ3v) is 8.94. The van der Waals surface area contributed by atoms with Crippen LogP contribution >= 0.6 is 11.3 Å². The van der Waals surface area contributed by atoms with Crippen molar-refractivity contribution in [2.75, 3.05) is 26.8 Å². The second-order valence-electron chi connectivity index (χ2n) is 8.37. The Morgan fingerprint density at radius 3 is 2.36 bits per heavy atom. The van der Waals surface area contributed by atoms with Crippen molar-refractivity contribution in [3.63, 3.8) is 0 Å². The first kappa shape index (κ1) is 26.1. The Labute approximate surface area is 214 Å². The van der Waals surface area contributed by atoms with Gasteiger partial charge in [0.1, 0.15) is 12.3 Å². The van der Waals surface area contributed by atoms with Gasteiger partial charge in [-0.25, -0.2) is 8.42 Å². The maximum Gasteiger partial charge on any atom is 0.325 e. The molecular weight excluding hydrogens is 502 g/mol. The van der Waals surface area contributed by atoms with Crippen molar-refractivity contribution in [3.05, 3.63) is 52.8 Å². The number of methoxy groups -OCH3 is 1. The van der Waals surface area contributed by atoms with Gasteiger partial charge in [0.25, 0.3) is 5.91 Å². The van der Waals surface area contributed by atoms with E-state index >= 15 is 0 Å². The third kappa shape index (κ3) is 5.69. The number of carbonyl (C=O) groups is 2. The largest absolute Gasteiger partial charge is 0.494 e. The van der Waals surface area contributed by atoms with E-state index < -0.39 is 21.9 Å². The Kier molecular flexibility index (Phi) is 8.22. The van der Waals surface area contributed by atoms with Crippen LogP contribution in [0.2, 0.25) is 0 Å². The summed E-state index contributed by atoms with van der Waals surface area (Å²) in [6.07, 6.45) is 3.76. The number of ether oxygens (including phenoxy) is 2. The van der Waals surface area contributed by atoms with Crippen LogP contribution in [0, 0.1) is 0 Å². The van der Waals surface area contributed by atoms with Gasteiger partial charge in [-0.05, 0) is 62.2 Å². The van der Waals surface area contributed by atoms with Gasteiger partial charge in [0.15, 0.2) is 4.80 Å². The van der Waals surface area contributed by atoms with E-state index in [0.29, 0.717) is 30.2 Å². The van der Waals surface area contributed by atoms with E-state index in [4.69, 9.17) is 9.47 Å². The number of thiazole rings is 1. The van der Waals surface area contributed by atoms with E-state index in [2.05, 4.69) is 4.99 Å². The van der Waals surface area contributed by atoms with Crippen LogP contribution in [0.15, 0.2) is 52.4 Å². The summed E-state index contributed by atoms with van der Waals surface area (Å²) < 4.78 is 40.4. The molecule has 1 aliphatic rings. The monoisotopic (exact) mass is 531 g/mol. The van der Waals surface area contributed by atoms with Crippen molar-refractivity contribution in [3.8, 4) is 5.75 Å². The lowest BCUT2D eigenvalue weighted by Crippen LogP contribution is -2.31. The molecule has 3 aromatic rings. The second kappa shape index (κ2) is 11.4. The van der Waals surface area contributed by atoms with Crippen LogP contribution < -0.4 is 9.54 Å². The molecule has 0 N–H and O–H groups in total. The molecule has 0 atom stereocenters. The van der Waals surface area contributed by atoms with Crippen LogP contribution in [0.4, 0.5) is 0 Å². The van der Waals surface area contributed by atoms with Gasteiger partial charge < -0.3 is 14.0 Å². The van der Waals surface area contributed by atoms with Crippen LogP contribution in [0.1, 0.15) is 43.0 Å². The first-order valence-corrected chi connectivity index (χ1v) is 14.1. The number of sulfonamides is 1. The van der Waals surface area contributed by atoms with Crippen molar-refractivity contribution in [1.82, 2.24) is 8.87 Å². The number of carbonyl (C=O) groups excluding carboxylic acids is 2. The molecule has 11 heteroatoms. The predicted octanol–water partition coefficient (Wildman–Crippen LogP) is 3.58. The van der Waals surface area contributed by atoms with E-state index in [1.165, 1.54) is 47.0 Å². The average molecular weight is 532 g/mol. The van der Waals surface area contributed by atoms with Gasteiger partial charge in [0.05, 0.1) is 28.8 Å². The third-order valence-electron chi connectivity index (χ3n) is 5.98. The number of nitrogens with zero attached hydrogens (tertiary/aromatic N) is 3.